The number of aromatic nitrogens is 1. The Morgan fingerprint density at radius 2 is 2.40 bits per heavy atom. The lowest BCUT2D eigenvalue weighted by Gasteiger charge is -2.05. The van der Waals surface area contributed by atoms with E-state index in [-0.39, 0.29) is 5.91 Å². The number of nitrogens with one attached hydrogen (secondary N) is 1. The van der Waals surface area contributed by atoms with Crippen LogP contribution in [-0.2, 0) is 11.8 Å². The summed E-state index contributed by atoms with van der Waals surface area (Å²) < 4.78 is 6.59. The van der Waals surface area contributed by atoms with Gasteiger partial charge in [-0.1, -0.05) is 0 Å². The van der Waals surface area contributed by atoms with Crippen molar-refractivity contribution in [1.29, 1.82) is 0 Å². The van der Waals surface area contributed by atoms with Crippen molar-refractivity contribution in [1.82, 2.24) is 9.88 Å². The lowest BCUT2D eigenvalue weighted by atomic mass is 10.3. The van der Waals surface area contributed by atoms with Crippen LogP contribution < -0.4 is 11.1 Å². The normalized spacial score (nSPS) is 10.3. The third-order valence-corrected chi connectivity index (χ3v) is 2.07. The molecular weight excluding hydrogens is 194 g/mol. The van der Waals surface area contributed by atoms with Gasteiger partial charge in [-0.2, -0.15) is 0 Å². The Morgan fingerprint density at radius 3 is 2.93 bits per heavy atom. The highest BCUT2D eigenvalue weighted by Crippen LogP contribution is 2.07. The van der Waals surface area contributed by atoms with Crippen LogP contribution >= 0.6 is 0 Å². The second-order valence-corrected chi connectivity index (χ2v) is 3.37. The molecule has 3 N–H and O–H groups in total. The molecule has 0 saturated carbocycles. The fraction of sp³-hybridized carbons (Fsp3) is 0.500. The van der Waals surface area contributed by atoms with Crippen molar-refractivity contribution in [3.63, 3.8) is 0 Å². The van der Waals surface area contributed by atoms with E-state index < -0.39 is 0 Å². The lowest BCUT2D eigenvalue weighted by molar-refractivity contribution is 0.0940. The van der Waals surface area contributed by atoms with Gasteiger partial charge in [0.2, 0.25) is 0 Å². The number of hydrogen-bond donors (Lipinski definition) is 2. The van der Waals surface area contributed by atoms with Crippen LogP contribution in [0.4, 0.5) is 5.69 Å². The van der Waals surface area contributed by atoms with Gasteiger partial charge in [0.15, 0.2) is 0 Å². The molecule has 1 aromatic heterocycles. The molecule has 0 aliphatic heterocycles. The minimum atomic E-state index is -0.106. The summed E-state index contributed by atoms with van der Waals surface area (Å²) in [6.07, 6.45) is 2.52. The lowest BCUT2D eigenvalue weighted by Crippen LogP contribution is -2.26. The number of nitrogens with zero attached hydrogens (tertiary/aromatic N) is 1. The monoisotopic (exact) mass is 211 g/mol. The van der Waals surface area contributed by atoms with E-state index in [1.807, 2.05) is 0 Å². The molecule has 0 bridgehead atoms. The molecule has 0 aromatic carbocycles. The van der Waals surface area contributed by atoms with Crippen LogP contribution in [0.5, 0.6) is 0 Å². The van der Waals surface area contributed by atoms with Gasteiger partial charge in [0.1, 0.15) is 5.69 Å². The predicted octanol–water partition coefficient (Wildman–Crippen LogP) is 0.374. The summed E-state index contributed by atoms with van der Waals surface area (Å²) in [5.74, 6) is -0.106. The molecular formula is C10H17N3O2. The average Bonchev–Trinajstić information content (AvgIpc) is 2.52. The number of anilines is 1. The molecule has 1 amide bonds. The molecule has 15 heavy (non-hydrogen) atoms. The molecule has 1 aromatic rings. The number of carbonyl (C=O) groups is 1. The Balaban J connectivity index is 2.43. The third kappa shape index (κ3) is 3.28. The van der Waals surface area contributed by atoms with Gasteiger partial charge in [0.05, 0.1) is 5.69 Å². The fourth-order valence-electron chi connectivity index (χ4n) is 1.32. The minimum absolute atomic E-state index is 0.106. The van der Waals surface area contributed by atoms with Crippen LogP contribution in [0.2, 0.25) is 0 Å². The van der Waals surface area contributed by atoms with E-state index in [2.05, 4.69) is 5.32 Å². The van der Waals surface area contributed by atoms with Gasteiger partial charge in [0, 0.05) is 33.5 Å². The Kier molecular flexibility index (Phi) is 4.17. The van der Waals surface area contributed by atoms with Crippen molar-refractivity contribution in [2.24, 2.45) is 7.05 Å². The third-order valence-electron chi connectivity index (χ3n) is 2.07. The summed E-state index contributed by atoms with van der Waals surface area (Å²) in [6.45, 7) is 1.26. The fourth-order valence-corrected chi connectivity index (χ4v) is 1.32. The van der Waals surface area contributed by atoms with Crippen LogP contribution in [-0.4, -0.2) is 30.7 Å². The summed E-state index contributed by atoms with van der Waals surface area (Å²) in [5.41, 5.74) is 6.74. The molecule has 0 aliphatic rings. The van der Waals surface area contributed by atoms with E-state index in [0.717, 1.165) is 6.42 Å². The van der Waals surface area contributed by atoms with Crippen molar-refractivity contribution in [2.75, 3.05) is 26.0 Å². The summed E-state index contributed by atoms with van der Waals surface area (Å²) in [6, 6.07) is 1.66. The molecule has 84 valence electrons. The summed E-state index contributed by atoms with van der Waals surface area (Å²) in [4.78, 5) is 11.6. The maximum Gasteiger partial charge on any atom is 0.267 e. The molecule has 0 atom stereocenters. The van der Waals surface area contributed by atoms with Crippen LogP contribution in [0, 0.1) is 0 Å². The molecule has 1 heterocycles. The number of aryl methyl sites for hydroxylation is 1. The van der Waals surface area contributed by atoms with Crippen molar-refractivity contribution in [3.8, 4) is 0 Å². The van der Waals surface area contributed by atoms with Crippen molar-refractivity contribution >= 4 is 11.6 Å². The largest absolute Gasteiger partial charge is 0.397 e. The van der Waals surface area contributed by atoms with Crippen LogP contribution in [0.3, 0.4) is 0 Å². The molecule has 0 radical (unpaired) electrons. The minimum Gasteiger partial charge on any atom is -0.397 e. The highest BCUT2D eigenvalue weighted by Gasteiger charge is 2.09. The number of ether oxygens (including phenoxy) is 1. The number of carbonyl (C=O) groups excluding carboxylic acids is 1. The zero-order valence-corrected chi connectivity index (χ0v) is 9.12. The van der Waals surface area contributed by atoms with Crippen molar-refractivity contribution in [2.45, 2.75) is 6.42 Å². The molecule has 0 fully saturated rings. The highest BCUT2D eigenvalue weighted by molar-refractivity contribution is 5.93. The standard InChI is InChI=1S/C10H17N3O2/c1-13-7-8(11)6-9(13)10(14)12-4-3-5-15-2/h6-7H,3-5,11H2,1-2H3,(H,12,14). The maximum atomic E-state index is 11.6. The van der Waals surface area contributed by atoms with E-state index in [4.69, 9.17) is 10.5 Å². The van der Waals surface area contributed by atoms with Gasteiger partial charge in [-0.25, -0.2) is 0 Å². The summed E-state index contributed by atoms with van der Waals surface area (Å²) >= 11 is 0. The number of nitrogens with two attached hydrogens (primary N) is 1. The SMILES string of the molecule is COCCCNC(=O)c1cc(N)cn1C. The molecule has 5 nitrogen and oxygen atoms in total. The quantitative estimate of drug-likeness (QED) is 0.691. The van der Waals surface area contributed by atoms with E-state index in [9.17, 15) is 4.79 Å². The molecule has 1 rings (SSSR count). The second-order valence-electron chi connectivity index (χ2n) is 3.37. The van der Waals surface area contributed by atoms with Gasteiger partial charge in [0.25, 0.3) is 5.91 Å². The topological polar surface area (TPSA) is 69.3 Å². The average molecular weight is 211 g/mol. The smallest absolute Gasteiger partial charge is 0.267 e. The Hall–Kier alpha value is -1.49. The first-order valence-corrected chi connectivity index (χ1v) is 4.84. The molecule has 0 unspecified atom stereocenters. The van der Waals surface area contributed by atoms with Crippen LogP contribution in [0.25, 0.3) is 0 Å². The maximum absolute atomic E-state index is 11.6. The van der Waals surface area contributed by atoms with Gasteiger partial charge < -0.3 is 20.4 Å². The second kappa shape index (κ2) is 5.41. The Bertz CT molecular complexity index is 333. The predicted molar refractivity (Wildman–Crippen MR) is 58.7 cm³/mol. The van der Waals surface area contributed by atoms with Gasteiger partial charge in [-0.3, -0.25) is 4.79 Å². The first-order valence-electron chi connectivity index (χ1n) is 4.84. The van der Waals surface area contributed by atoms with E-state index >= 15 is 0 Å². The van der Waals surface area contributed by atoms with Crippen LogP contribution in [0.15, 0.2) is 12.3 Å². The Labute approximate surface area is 89.2 Å². The highest BCUT2D eigenvalue weighted by atomic mass is 16.5. The summed E-state index contributed by atoms with van der Waals surface area (Å²) in [7, 11) is 3.43. The molecule has 0 aliphatic carbocycles. The number of hydrogen-bond acceptors (Lipinski definition) is 3. The molecule has 0 spiro atoms. The number of nitrogen functional groups attached to an aromatic ring is 1. The number of methoxy groups -OCH3 is 1. The van der Waals surface area contributed by atoms with Crippen molar-refractivity contribution in [3.05, 3.63) is 18.0 Å². The van der Waals surface area contributed by atoms with Gasteiger partial charge in [-0.15, -0.1) is 0 Å². The summed E-state index contributed by atoms with van der Waals surface area (Å²) in [5, 5.41) is 2.79. The zero-order valence-electron chi connectivity index (χ0n) is 9.12. The van der Waals surface area contributed by atoms with Crippen LogP contribution in [0.1, 0.15) is 16.9 Å². The van der Waals surface area contributed by atoms with E-state index in [1.54, 1.807) is 31.0 Å². The zero-order chi connectivity index (χ0) is 11.3. The number of amides is 1. The first kappa shape index (κ1) is 11.6. The Morgan fingerprint density at radius 1 is 1.67 bits per heavy atom. The number of rotatable bonds is 5. The van der Waals surface area contributed by atoms with E-state index in [0.29, 0.717) is 24.5 Å². The van der Waals surface area contributed by atoms with Gasteiger partial charge in [-0.05, 0) is 12.5 Å². The first-order chi connectivity index (χ1) is 7.15. The van der Waals surface area contributed by atoms with Gasteiger partial charge >= 0.3 is 0 Å². The molecule has 0 saturated heterocycles. The van der Waals surface area contributed by atoms with E-state index in [1.165, 1.54) is 0 Å². The molecule has 5 heteroatoms. The van der Waals surface area contributed by atoms with Crippen molar-refractivity contribution < 1.29 is 9.53 Å².